The van der Waals surface area contributed by atoms with Gasteiger partial charge in [-0.1, -0.05) is 48.1 Å². The largest absolute Gasteiger partial charge is 0.393 e. The van der Waals surface area contributed by atoms with E-state index in [2.05, 4.69) is 48.1 Å². The summed E-state index contributed by atoms with van der Waals surface area (Å²) in [6.45, 7) is 18.7. The van der Waals surface area contributed by atoms with E-state index < -0.39 is 11.5 Å². The summed E-state index contributed by atoms with van der Waals surface area (Å²) in [5.41, 5.74) is 1.23. The first kappa shape index (κ1) is 24.0. The van der Waals surface area contributed by atoms with Crippen molar-refractivity contribution < 1.29 is 15.0 Å². The lowest BCUT2D eigenvalue weighted by atomic mass is 9.32. The standard InChI is InChI=1S/C30H48O3/c1-18(17-31)19-10-12-27(4)14-15-29(6)20(24(19)27)8-9-22-28(5)13-11-23(33)26(2,3)25(28)21(32)16-30(22,29)7/h19-22,24-25,31-32H,1,8-17H2,2-7H3/t19-,20+,21+,22+,24+,25-,27+,28+,29+,30+/m0/s1. The minimum Gasteiger partial charge on any atom is -0.393 e. The lowest BCUT2D eigenvalue weighted by Gasteiger charge is -2.73. The Labute approximate surface area is 201 Å². The monoisotopic (exact) mass is 456 g/mol. The van der Waals surface area contributed by atoms with Crippen LogP contribution in [0.3, 0.4) is 0 Å². The zero-order valence-electron chi connectivity index (χ0n) is 22.0. The van der Waals surface area contributed by atoms with Crippen molar-refractivity contribution in [2.24, 2.45) is 56.7 Å². The molecule has 3 heteroatoms. The van der Waals surface area contributed by atoms with Crippen molar-refractivity contribution in [2.75, 3.05) is 6.61 Å². The van der Waals surface area contributed by atoms with Gasteiger partial charge in [-0.05, 0) is 102 Å². The maximum absolute atomic E-state index is 12.9. The normalized spacial score (nSPS) is 55.2. The maximum atomic E-state index is 12.9. The van der Waals surface area contributed by atoms with Crippen molar-refractivity contribution in [1.82, 2.24) is 0 Å². The van der Waals surface area contributed by atoms with Crippen molar-refractivity contribution in [1.29, 1.82) is 0 Å². The molecule has 5 fully saturated rings. The second-order valence-corrected chi connectivity index (χ2v) is 14.6. The Morgan fingerprint density at radius 3 is 2.33 bits per heavy atom. The van der Waals surface area contributed by atoms with Crippen LogP contribution in [-0.2, 0) is 4.79 Å². The molecule has 0 heterocycles. The molecule has 5 rings (SSSR count). The average molecular weight is 457 g/mol. The SMILES string of the molecule is C=C(CO)[C@@H]1CC[C@]2(C)CC[C@]3(C)[C@H](CC[C@@H]4[C@@]5(C)CCC(=O)C(C)(C)[C@@H]5[C@H](O)C[C@]43C)[C@@H]12. The van der Waals surface area contributed by atoms with E-state index in [9.17, 15) is 15.0 Å². The summed E-state index contributed by atoms with van der Waals surface area (Å²) in [6, 6.07) is 0. The van der Waals surface area contributed by atoms with Gasteiger partial charge in [-0.25, -0.2) is 0 Å². The minimum absolute atomic E-state index is 0.0162. The van der Waals surface area contributed by atoms with Crippen LogP contribution < -0.4 is 0 Å². The quantitative estimate of drug-likeness (QED) is 0.488. The number of rotatable bonds is 2. The number of carbonyl (C=O) groups excluding carboxylic acids is 1. The van der Waals surface area contributed by atoms with Crippen molar-refractivity contribution in [3.8, 4) is 0 Å². The van der Waals surface area contributed by atoms with E-state index >= 15 is 0 Å². The van der Waals surface area contributed by atoms with Gasteiger partial charge in [0, 0.05) is 17.8 Å². The zero-order chi connectivity index (χ0) is 24.2. The lowest BCUT2D eigenvalue weighted by molar-refractivity contribution is -0.258. The number of Topliss-reactive ketones (excluding diaryl/α,β-unsaturated/α-hetero) is 1. The third-order valence-corrected chi connectivity index (χ3v) is 13.2. The van der Waals surface area contributed by atoms with Crippen LogP contribution in [0.1, 0.15) is 99.3 Å². The summed E-state index contributed by atoms with van der Waals surface area (Å²) in [7, 11) is 0. The highest BCUT2D eigenvalue weighted by Gasteiger charge is 2.72. The highest BCUT2D eigenvalue weighted by atomic mass is 16.3. The Morgan fingerprint density at radius 1 is 0.970 bits per heavy atom. The van der Waals surface area contributed by atoms with Crippen molar-refractivity contribution >= 4 is 5.78 Å². The van der Waals surface area contributed by atoms with Crippen LogP contribution in [0.2, 0.25) is 0 Å². The molecule has 0 saturated heterocycles. The molecule has 0 spiro atoms. The molecule has 5 saturated carbocycles. The first-order valence-electron chi connectivity index (χ1n) is 13.8. The number of hydrogen-bond acceptors (Lipinski definition) is 3. The lowest BCUT2D eigenvalue weighted by Crippen LogP contribution is -2.69. The van der Waals surface area contributed by atoms with Crippen LogP contribution in [0, 0.1) is 56.7 Å². The van der Waals surface area contributed by atoms with Gasteiger partial charge in [0.2, 0.25) is 0 Å². The van der Waals surface area contributed by atoms with Crippen LogP contribution in [0.4, 0.5) is 0 Å². The number of aliphatic hydroxyl groups is 2. The van der Waals surface area contributed by atoms with Crippen LogP contribution in [0.5, 0.6) is 0 Å². The number of aliphatic hydroxyl groups excluding tert-OH is 2. The van der Waals surface area contributed by atoms with Crippen LogP contribution in [0.25, 0.3) is 0 Å². The fourth-order valence-corrected chi connectivity index (χ4v) is 11.5. The molecule has 33 heavy (non-hydrogen) atoms. The van der Waals surface area contributed by atoms with Gasteiger partial charge in [0.1, 0.15) is 5.78 Å². The van der Waals surface area contributed by atoms with Gasteiger partial charge in [-0.3, -0.25) is 4.79 Å². The highest BCUT2D eigenvalue weighted by Crippen LogP contribution is 2.77. The fourth-order valence-electron chi connectivity index (χ4n) is 11.5. The second kappa shape index (κ2) is 7.19. The molecule has 10 atom stereocenters. The van der Waals surface area contributed by atoms with Gasteiger partial charge in [-0.2, -0.15) is 0 Å². The third kappa shape index (κ3) is 2.85. The Bertz CT molecular complexity index is 861. The van der Waals surface area contributed by atoms with Crippen molar-refractivity contribution in [3.63, 3.8) is 0 Å². The summed E-state index contributed by atoms with van der Waals surface area (Å²) < 4.78 is 0. The van der Waals surface area contributed by atoms with E-state index in [1.165, 1.54) is 38.5 Å². The van der Waals surface area contributed by atoms with E-state index in [0.717, 1.165) is 18.4 Å². The van der Waals surface area contributed by atoms with Crippen LogP contribution >= 0.6 is 0 Å². The molecule has 0 radical (unpaired) electrons. The molecule has 5 aliphatic carbocycles. The van der Waals surface area contributed by atoms with Gasteiger partial charge in [0.15, 0.2) is 0 Å². The van der Waals surface area contributed by atoms with Crippen LogP contribution in [0.15, 0.2) is 12.2 Å². The van der Waals surface area contributed by atoms with Crippen LogP contribution in [-0.4, -0.2) is 28.7 Å². The van der Waals surface area contributed by atoms with Gasteiger partial charge in [0.05, 0.1) is 12.7 Å². The summed E-state index contributed by atoms with van der Waals surface area (Å²) >= 11 is 0. The fraction of sp³-hybridized carbons (Fsp3) is 0.900. The number of ketones is 1. The smallest absolute Gasteiger partial charge is 0.138 e. The Balaban J connectivity index is 1.57. The highest BCUT2D eigenvalue weighted by molar-refractivity contribution is 5.85. The van der Waals surface area contributed by atoms with E-state index in [1.54, 1.807) is 0 Å². The van der Waals surface area contributed by atoms with Gasteiger partial charge in [-0.15, -0.1) is 0 Å². The number of carbonyl (C=O) groups is 1. The Kier molecular flexibility index (Phi) is 5.24. The molecule has 3 nitrogen and oxygen atoms in total. The number of fused-ring (bicyclic) bond motifs is 7. The van der Waals surface area contributed by atoms with Crippen molar-refractivity contribution in [3.05, 3.63) is 12.2 Å². The molecule has 2 N–H and O–H groups in total. The van der Waals surface area contributed by atoms with Gasteiger partial charge in [0.25, 0.3) is 0 Å². The molecule has 0 aromatic carbocycles. The molecule has 186 valence electrons. The topological polar surface area (TPSA) is 57.5 Å². The van der Waals surface area contributed by atoms with E-state index in [-0.39, 0.29) is 28.8 Å². The average Bonchev–Trinajstić information content (AvgIpc) is 3.08. The minimum atomic E-state index is -0.438. The predicted octanol–water partition coefficient (Wildman–Crippen LogP) is 6.18. The summed E-state index contributed by atoms with van der Waals surface area (Å²) in [6.07, 6.45) is 9.40. The predicted molar refractivity (Wildman–Crippen MR) is 132 cm³/mol. The van der Waals surface area contributed by atoms with E-state index in [4.69, 9.17) is 0 Å². The first-order chi connectivity index (χ1) is 15.3. The molecule has 0 bridgehead atoms. The van der Waals surface area contributed by atoms with E-state index in [0.29, 0.717) is 41.3 Å². The molecule has 0 aliphatic heterocycles. The summed E-state index contributed by atoms with van der Waals surface area (Å²) in [4.78, 5) is 12.9. The first-order valence-corrected chi connectivity index (χ1v) is 13.8. The van der Waals surface area contributed by atoms with Gasteiger partial charge >= 0.3 is 0 Å². The molecular weight excluding hydrogens is 408 g/mol. The van der Waals surface area contributed by atoms with Gasteiger partial charge < -0.3 is 10.2 Å². The summed E-state index contributed by atoms with van der Waals surface area (Å²) in [5.74, 6) is 2.62. The Morgan fingerprint density at radius 2 is 1.67 bits per heavy atom. The summed E-state index contributed by atoms with van der Waals surface area (Å²) in [5, 5.41) is 21.7. The zero-order valence-corrected chi connectivity index (χ0v) is 22.0. The third-order valence-electron chi connectivity index (χ3n) is 13.2. The number of hydrogen-bond donors (Lipinski definition) is 2. The molecular formula is C30H48O3. The molecule has 0 amide bonds. The molecule has 0 aromatic rings. The second-order valence-electron chi connectivity index (χ2n) is 14.6. The van der Waals surface area contributed by atoms with E-state index in [1.807, 2.05) is 0 Å². The molecule has 0 aromatic heterocycles. The molecule has 0 unspecified atom stereocenters. The van der Waals surface area contributed by atoms with Crippen molar-refractivity contribution in [2.45, 2.75) is 105 Å². The molecule has 5 aliphatic rings. The maximum Gasteiger partial charge on any atom is 0.138 e. The Hall–Kier alpha value is -0.670.